The quantitative estimate of drug-likeness (QED) is 0.847. The van der Waals surface area contributed by atoms with Crippen molar-refractivity contribution in [3.05, 3.63) is 10.6 Å². The molecule has 1 N–H and O–H groups in total. The summed E-state index contributed by atoms with van der Waals surface area (Å²) in [6, 6.07) is 0. The van der Waals surface area contributed by atoms with Gasteiger partial charge in [-0.2, -0.15) is 0 Å². The first kappa shape index (κ1) is 16.2. The molecule has 0 spiro atoms. The maximum Gasteiger partial charge on any atom is 0.358 e. The van der Waals surface area contributed by atoms with Crippen LogP contribution in [0.2, 0.25) is 0 Å². The van der Waals surface area contributed by atoms with Gasteiger partial charge in [-0.05, 0) is 52.2 Å². The Balaban J connectivity index is 1.94. The first-order valence-electron chi connectivity index (χ1n) is 7.50. The van der Waals surface area contributed by atoms with Gasteiger partial charge in [-0.3, -0.25) is 0 Å². The highest BCUT2D eigenvalue weighted by molar-refractivity contribution is 7.15. The van der Waals surface area contributed by atoms with E-state index in [0.717, 1.165) is 29.6 Å². The Morgan fingerprint density at radius 2 is 2.14 bits per heavy atom. The molecule has 1 aromatic heterocycles. The highest BCUT2D eigenvalue weighted by atomic mass is 32.1. The monoisotopic (exact) mass is 311 g/mol. The van der Waals surface area contributed by atoms with Crippen molar-refractivity contribution in [2.75, 3.05) is 38.6 Å². The molecule has 0 radical (unpaired) electrons. The molecular weight excluding hydrogens is 286 g/mol. The summed E-state index contributed by atoms with van der Waals surface area (Å²) in [6.07, 6.45) is 2.37. The van der Waals surface area contributed by atoms with Crippen molar-refractivity contribution in [2.24, 2.45) is 5.41 Å². The number of carbonyl (C=O) groups excluding carboxylic acids is 1. The summed E-state index contributed by atoms with van der Waals surface area (Å²) in [5.74, 6) is -0.329. The fourth-order valence-electron chi connectivity index (χ4n) is 2.49. The van der Waals surface area contributed by atoms with E-state index in [-0.39, 0.29) is 5.97 Å². The topological polar surface area (TPSA) is 54.5 Å². The lowest BCUT2D eigenvalue weighted by Crippen LogP contribution is -2.40. The number of thiazole rings is 1. The minimum absolute atomic E-state index is 0.302. The predicted octanol–water partition coefficient (Wildman–Crippen LogP) is 2.77. The maximum absolute atomic E-state index is 11.8. The SMILES string of the molecule is CCOC(=O)c1nc(NCC2(C)CCN(C)CC2)sc1C. The van der Waals surface area contributed by atoms with E-state index < -0.39 is 0 Å². The fraction of sp³-hybridized carbons (Fsp3) is 0.733. The van der Waals surface area contributed by atoms with Gasteiger partial charge in [0, 0.05) is 11.4 Å². The second-order valence-corrected chi connectivity index (χ2v) is 7.31. The number of hydrogen-bond acceptors (Lipinski definition) is 6. The minimum Gasteiger partial charge on any atom is -0.461 e. The predicted molar refractivity (Wildman–Crippen MR) is 86.1 cm³/mol. The summed E-state index contributed by atoms with van der Waals surface area (Å²) in [6.45, 7) is 9.60. The van der Waals surface area contributed by atoms with Crippen molar-refractivity contribution in [1.82, 2.24) is 9.88 Å². The van der Waals surface area contributed by atoms with Crippen molar-refractivity contribution in [1.29, 1.82) is 0 Å². The number of anilines is 1. The van der Waals surface area contributed by atoms with Crippen molar-refractivity contribution >= 4 is 22.4 Å². The van der Waals surface area contributed by atoms with Crippen LogP contribution in [0.4, 0.5) is 5.13 Å². The molecular formula is C15H25N3O2S. The van der Waals surface area contributed by atoms with Gasteiger partial charge in [0.2, 0.25) is 0 Å². The van der Waals surface area contributed by atoms with Crippen LogP contribution in [0.3, 0.4) is 0 Å². The highest BCUT2D eigenvalue weighted by Gasteiger charge is 2.29. The number of esters is 1. The van der Waals surface area contributed by atoms with Crippen molar-refractivity contribution < 1.29 is 9.53 Å². The summed E-state index contributed by atoms with van der Waals surface area (Å²) < 4.78 is 5.02. The molecule has 0 bridgehead atoms. The summed E-state index contributed by atoms with van der Waals surface area (Å²) in [7, 11) is 2.17. The van der Waals surface area contributed by atoms with E-state index >= 15 is 0 Å². The second-order valence-electron chi connectivity index (χ2n) is 6.11. The van der Waals surface area contributed by atoms with Gasteiger partial charge >= 0.3 is 5.97 Å². The molecule has 1 fully saturated rings. The number of nitrogens with one attached hydrogen (secondary N) is 1. The standard InChI is InChI=1S/C15H25N3O2S/c1-5-20-13(19)12-11(2)21-14(17-12)16-10-15(3)6-8-18(4)9-7-15/h5-10H2,1-4H3,(H,16,17). The molecule has 0 aliphatic carbocycles. The molecule has 5 nitrogen and oxygen atoms in total. The smallest absolute Gasteiger partial charge is 0.358 e. The average molecular weight is 311 g/mol. The summed E-state index contributed by atoms with van der Waals surface area (Å²) in [4.78, 5) is 19.4. The summed E-state index contributed by atoms with van der Waals surface area (Å²) >= 11 is 1.52. The van der Waals surface area contributed by atoms with Crippen molar-refractivity contribution in [3.8, 4) is 0 Å². The number of nitrogens with zero attached hydrogens (tertiary/aromatic N) is 2. The van der Waals surface area contributed by atoms with E-state index in [1.165, 1.54) is 24.2 Å². The Hall–Kier alpha value is -1.14. The lowest BCUT2D eigenvalue weighted by molar-refractivity contribution is 0.0519. The molecule has 21 heavy (non-hydrogen) atoms. The third-order valence-corrected chi connectivity index (χ3v) is 5.05. The summed E-state index contributed by atoms with van der Waals surface area (Å²) in [5.41, 5.74) is 0.744. The second kappa shape index (κ2) is 6.75. The molecule has 118 valence electrons. The lowest BCUT2D eigenvalue weighted by Gasteiger charge is -2.37. The van der Waals surface area contributed by atoms with Gasteiger partial charge in [0.25, 0.3) is 0 Å². The minimum atomic E-state index is -0.329. The number of aromatic nitrogens is 1. The highest BCUT2D eigenvalue weighted by Crippen LogP contribution is 2.31. The summed E-state index contributed by atoms with van der Waals surface area (Å²) in [5, 5.41) is 4.22. The Labute approximate surface area is 130 Å². The molecule has 1 saturated heterocycles. The van der Waals surface area contributed by atoms with E-state index in [9.17, 15) is 4.79 Å². The molecule has 2 rings (SSSR count). The van der Waals surface area contributed by atoms with Crippen LogP contribution < -0.4 is 5.32 Å². The molecule has 0 unspecified atom stereocenters. The van der Waals surface area contributed by atoms with Gasteiger partial charge in [0.05, 0.1) is 6.61 Å². The first-order chi connectivity index (χ1) is 9.93. The van der Waals surface area contributed by atoms with E-state index in [2.05, 4.69) is 29.2 Å². The van der Waals surface area contributed by atoms with Crippen LogP contribution in [-0.4, -0.2) is 49.1 Å². The first-order valence-corrected chi connectivity index (χ1v) is 8.32. The third-order valence-electron chi connectivity index (χ3n) is 4.13. The van der Waals surface area contributed by atoms with Crippen molar-refractivity contribution in [2.45, 2.75) is 33.6 Å². The average Bonchev–Trinajstić information content (AvgIpc) is 2.82. The van der Waals surface area contributed by atoms with Gasteiger partial charge < -0.3 is 15.0 Å². The third kappa shape index (κ3) is 4.17. The number of likely N-dealkylation sites (tertiary alicyclic amines) is 1. The van der Waals surface area contributed by atoms with E-state index in [4.69, 9.17) is 4.74 Å². The molecule has 2 heterocycles. The molecule has 1 aromatic rings. The van der Waals surface area contributed by atoms with Crippen LogP contribution in [0, 0.1) is 12.3 Å². The number of carbonyl (C=O) groups is 1. The van der Waals surface area contributed by atoms with E-state index in [0.29, 0.717) is 17.7 Å². The van der Waals surface area contributed by atoms with Crippen LogP contribution in [0.15, 0.2) is 0 Å². The van der Waals surface area contributed by atoms with Crippen molar-refractivity contribution in [3.63, 3.8) is 0 Å². The zero-order chi connectivity index (χ0) is 15.5. The van der Waals surface area contributed by atoms with Gasteiger partial charge in [0.1, 0.15) is 0 Å². The van der Waals surface area contributed by atoms with Crippen LogP contribution >= 0.6 is 11.3 Å². The molecule has 0 aromatic carbocycles. The Kier molecular flexibility index (Phi) is 5.22. The molecule has 1 aliphatic heterocycles. The van der Waals surface area contributed by atoms with Gasteiger partial charge in [-0.1, -0.05) is 6.92 Å². The van der Waals surface area contributed by atoms with E-state index in [1.54, 1.807) is 6.92 Å². The zero-order valence-electron chi connectivity index (χ0n) is 13.4. The zero-order valence-corrected chi connectivity index (χ0v) is 14.2. The van der Waals surface area contributed by atoms with E-state index in [1.807, 2.05) is 6.92 Å². The normalized spacial score (nSPS) is 18.5. The van der Waals surface area contributed by atoms with Gasteiger partial charge in [0.15, 0.2) is 10.8 Å². The number of rotatable bonds is 5. The van der Waals surface area contributed by atoms with Crippen LogP contribution in [0.25, 0.3) is 0 Å². The molecule has 0 saturated carbocycles. The Morgan fingerprint density at radius 3 is 2.76 bits per heavy atom. The van der Waals surface area contributed by atoms with Crippen LogP contribution in [0.1, 0.15) is 42.1 Å². The fourth-order valence-corrected chi connectivity index (χ4v) is 3.28. The Morgan fingerprint density at radius 1 is 1.48 bits per heavy atom. The van der Waals surface area contributed by atoms with Gasteiger partial charge in [-0.25, -0.2) is 9.78 Å². The number of hydrogen-bond donors (Lipinski definition) is 1. The Bertz CT molecular complexity index is 493. The number of piperidine rings is 1. The lowest BCUT2D eigenvalue weighted by atomic mass is 9.80. The van der Waals surface area contributed by atoms with Crippen LogP contribution in [-0.2, 0) is 4.74 Å². The molecule has 6 heteroatoms. The number of aryl methyl sites for hydroxylation is 1. The van der Waals surface area contributed by atoms with Gasteiger partial charge in [-0.15, -0.1) is 11.3 Å². The molecule has 0 amide bonds. The largest absolute Gasteiger partial charge is 0.461 e. The maximum atomic E-state index is 11.8. The molecule has 0 atom stereocenters. The number of ether oxygens (including phenoxy) is 1. The van der Waals surface area contributed by atoms with Crippen LogP contribution in [0.5, 0.6) is 0 Å². The molecule has 1 aliphatic rings.